The van der Waals surface area contributed by atoms with Crippen molar-refractivity contribution in [1.82, 2.24) is 20.2 Å². The summed E-state index contributed by atoms with van der Waals surface area (Å²) < 4.78 is 11.0. The second-order valence-electron chi connectivity index (χ2n) is 10.4. The Morgan fingerprint density at radius 2 is 2.13 bits per heavy atom. The predicted octanol–water partition coefficient (Wildman–Crippen LogP) is 4.57. The molecule has 0 spiro atoms. The summed E-state index contributed by atoms with van der Waals surface area (Å²) >= 11 is 6.64. The maximum atomic E-state index is 12.7. The van der Waals surface area contributed by atoms with Crippen LogP contribution in [0, 0.1) is 5.92 Å². The van der Waals surface area contributed by atoms with E-state index in [2.05, 4.69) is 20.2 Å². The molecule has 2 aromatic heterocycles. The third-order valence-corrected chi connectivity index (χ3v) is 7.91. The zero-order chi connectivity index (χ0) is 26.3. The molecule has 0 saturated heterocycles. The minimum atomic E-state index is -0.677. The van der Waals surface area contributed by atoms with Gasteiger partial charge in [-0.15, -0.1) is 0 Å². The van der Waals surface area contributed by atoms with Crippen molar-refractivity contribution in [3.63, 3.8) is 0 Å². The number of ether oxygens (including phenoxy) is 1. The van der Waals surface area contributed by atoms with Crippen LogP contribution in [0.15, 0.2) is 47.5 Å². The lowest BCUT2D eigenvalue weighted by Crippen LogP contribution is -2.42. The quantitative estimate of drug-likeness (QED) is 0.390. The van der Waals surface area contributed by atoms with E-state index in [-0.39, 0.29) is 19.1 Å². The van der Waals surface area contributed by atoms with Crippen molar-refractivity contribution in [1.29, 1.82) is 0 Å². The third kappa shape index (κ3) is 6.92. The maximum absolute atomic E-state index is 12.7. The molecule has 2 aliphatic rings. The van der Waals surface area contributed by atoms with Gasteiger partial charge in [0.2, 0.25) is 0 Å². The highest BCUT2D eigenvalue weighted by Gasteiger charge is 2.23. The Labute approximate surface area is 228 Å². The highest BCUT2D eigenvalue weighted by atomic mass is 35.5. The smallest absolute Gasteiger partial charge is 0.251 e. The molecule has 1 amide bonds. The maximum Gasteiger partial charge on any atom is 0.251 e. The van der Waals surface area contributed by atoms with Crippen LogP contribution < -0.4 is 10.1 Å². The van der Waals surface area contributed by atoms with Gasteiger partial charge in [0.25, 0.3) is 5.91 Å². The average Bonchev–Trinajstić information content (AvgIpc) is 3.46. The summed E-state index contributed by atoms with van der Waals surface area (Å²) in [5.41, 5.74) is 3.76. The first kappa shape index (κ1) is 26.7. The number of carbonyl (C=O) groups is 1. The largest absolute Gasteiger partial charge is 0.484 e. The fraction of sp³-hybridized carbons (Fsp3) is 0.483. The summed E-state index contributed by atoms with van der Waals surface area (Å²) in [6.07, 6.45) is 12.1. The molecule has 1 aromatic carbocycles. The lowest BCUT2D eigenvalue weighted by Gasteiger charge is -2.31. The van der Waals surface area contributed by atoms with E-state index < -0.39 is 6.10 Å². The highest BCUT2D eigenvalue weighted by Crippen LogP contribution is 2.34. The molecule has 3 aromatic rings. The van der Waals surface area contributed by atoms with Crippen LogP contribution in [0.2, 0.25) is 5.02 Å². The molecule has 1 atom stereocenters. The van der Waals surface area contributed by atoms with Gasteiger partial charge in [-0.05, 0) is 48.1 Å². The Hall–Kier alpha value is -2.94. The van der Waals surface area contributed by atoms with E-state index in [1.54, 1.807) is 18.5 Å². The van der Waals surface area contributed by atoms with Crippen LogP contribution in [0.25, 0.3) is 0 Å². The van der Waals surface area contributed by atoms with E-state index in [9.17, 15) is 9.90 Å². The van der Waals surface area contributed by atoms with E-state index in [0.29, 0.717) is 41.1 Å². The molecule has 5 rings (SSSR count). The lowest BCUT2D eigenvalue weighted by atomic mass is 9.86. The second-order valence-corrected chi connectivity index (χ2v) is 10.7. The Balaban J connectivity index is 1.09. The topological polar surface area (TPSA) is 101 Å². The number of hydrogen-bond donors (Lipinski definition) is 2. The number of aliphatic hydroxyl groups excluding tert-OH is 1. The van der Waals surface area contributed by atoms with Crippen LogP contribution in [-0.2, 0) is 26.0 Å². The molecule has 0 bridgehead atoms. The molecule has 1 aliphatic carbocycles. The van der Waals surface area contributed by atoms with Gasteiger partial charge in [-0.2, -0.15) is 0 Å². The molecule has 9 heteroatoms. The van der Waals surface area contributed by atoms with Gasteiger partial charge in [0, 0.05) is 43.6 Å². The number of nitrogens with one attached hydrogen (secondary N) is 1. The molecule has 1 aliphatic heterocycles. The molecule has 202 valence electrons. The molecule has 1 saturated carbocycles. The third-order valence-electron chi connectivity index (χ3n) is 7.50. The number of carbonyl (C=O) groups excluding carboxylic acids is 1. The first-order valence-corrected chi connectivity index (χ1v) is 13.9. The molecule has 3 heterocycles. The van der Waals surface area contributed by atoms with Gasteiger partial charge in [-0.1, -0.05) is 49.8 Å². The Kier molecular flexibility index (Phi) is 8.94. The van der Waals surface area contributed by atoms with Crippen LogP contribution in [0.4, 0.5) is 0 Å². The molecule has 8 nitrogen and oxygen atoms in total. The van der Waals surface area contributed by atoms with Crippen LogP contribution in [0.3, 0.4) is 0 Å². The monoisotopic (exact) mass is 538 g/mol. The van der Waals surface area contributed by atoms with E-state index in [4.69, 9.17) is 20.8 Å². The average molecular weight is 539 g/mol. The van der Waals surface area contributed by atoms with E-state index >= 15 is 0 Å². The number of aliphatic hydroxyl groups is 1. The number of rotatable bonds is 10. The Morgan fingerprint density at radius 3 is 2.95 bits per heavy atom. The number of aromatic nitrogens is 2. The molecule has 1 fully saturated rings. The summed E-state index contributed by atoms with van der Waals surface area (Å²) in [6.45, 7) is 2.36. The van der Waals surface area contributed by atoms with Gasteiger partial charge in [0.1, 0.15) is 12.4 Å². The number of pyridine rings is 1. The lowest BCUT2D eigenvalue weighted by molar-refractivity contribution is 0.0841. The van der Waals surface area contributed by atoms with Crippen molar-refractivity contribution in [2.45, 2.75) is 64.2 Å². The van der Waals surface area contributed by atoms with E-state index in [0.717, 1.165) is 36.2 Å². The number of benzene rings is 1. The van der Waals surface area contributed by atoms with Crippen molar-refractivity contribution in [2.24, 2.45) is 5.92 Å². The predicted molar refractivity (Wildman–Crippen MR) is 144 cm³/mol. The second kappa shape index (κ2) is 12.7. The first-order chi connectivity index (χ1) is 18.5. The summed E-state index contributed by atoms with van der Waals surface area (Å²) in [4.78, 5) is 23.3. The number of halogens is 1. The summed E-state index contributed by atoms with van der Waals surface area (Å²) in [6, 6.07) is 7.52. The summed E-state index contributed by atoms with van der Waals surface area (Å²) in [7, 11) is 0. The minimum Gasteiger partial charge on any atom is -0.484 e. The normalized spacial score (nSPS) is 17.1. The van der Waals surface area contributed by atoms with Crippen molar-refractivity contribution >= 4 is 17.5 Å². The summed E-state index contributed by atoms with van der Waals surface area (Å²) in [5, 5.41) is 14.2. The molecule has 0 unspecified atom stereocenters. The van der Waals surface area contributed by atoms with Crippen molar-refractivity contribution in [2.75, 3.05) is 19.6 Å². The number of hydrogen-bond acceptors (Lipinski definition) is 7. The van der Waals surface area contributed by atoms with Crippen LogP contribution in [0.5, 0.6) is 5.75 Å². The number of amides is 1. The van der Waals surface area contributed by atoms with Crippen molar-refractivity contribution in [3.05, 3.63) is 76.2 Å². The molecule has 2 N–H and O–H groups in total. The van der Waals surface area contributed by atoms with E-state index in [1.807, 2.05) is 18.2 Å². The molecular formula is C29H35ClN4O4. The standard InChI is InChI=1S/C29H35ClN4O4/c30-28-26-9-11-34(16-22(26)6-7-27(28)37-18-25-15-31-19-38-25)17-24(35)14-33-29(36)21-8-10-32-23(13-21)12-20-4-2-1-3-5-20/h6-8,10,13,15,19-20,24,35H,1-5,9,11-12,14,16-18H2,(H,33,36)/t24-/m0/s1. The highest BCUT2D eigenvalue weighted by molar-refractivity contribution is 6.33. The van der Waals surface area contributed by atoms with Gasteiger partial charge >= 0.3 is 0 Å². The van der Waals surface area contributed by atoms with Crippen molar-refractivity contribution < 1.29 is 19.1 Å². The SMILES string of the molecule is O=C(NC[C@H](O)CN1CCc2c(ccc(OCc3cnco3)c2Cl)C1)c1ccnc(CC2CCCCC2)c1. The van der Waals surface area contributed by atoms with Crippen LogP contribution >= 0.6 is 11.6 Å². The Bertz CT molecular complexity index is 1210. The van der Waals surface area contributed by atoms with Crippen LogP contribution in [0.1, 0.15) is 65.0 Å². The number of fused-ring (bicyclic) bond motifs is 1. The van der Waals surface area contributed by atoms with Crippen LogP contribution in [-0.4, -0.2) is 51.6 Å². The molecular weight excluding hydrogens is 504 g/mol. The van der Waals surface area contributed by atoms with Gasteiger partial charge < -0.3 is 19.6 Å². The number of nitrogens with zero attached hydrogens (tertiary/aromatic N) is 3. The fourth-order valence-electron chi connectivity index (χ4n) is 5.47. The van der Waals surface area contributed by atoms with Gasteiger partial charge in [0.05, 0.1) is 17.3 Å². The first-order valence-electron chi connectivity index (χ1n) is 13.5. The summed E-state index contributed by atoms with van der Waals surface area (Å²) in [5.74, 6) is 1.75. The van der Waals surface area contributed by atoms with E-state index in [1.165, 1.54) is 38.5 Å². The van der Waals surface area contributed by atoms with Crippen molar-refractivity contribution in [3.8, 4) is 5.75 Å². The Morgan fingerprint density at radius 1 is 1.26 bits per heavy atom. The fourth-order valence-corrected chi connectivity index (χ4v) is 5.80. The van der Waals surface area contributed by atoms with Gasteiger partial charge in [0.15, 0.2) is 12.2 Å². The minimum absolute atomic E-state index is 0.176. The zero-order valence-corrected chi connectivity index (χ0v) is 22.3. The van der Waals surface area contributed by atoms with Gasteiger partial charge in [-0.3, -0.25) is 14.7 Å². The molecule has 38 heavy (non-hydrogen) atoms. The molecule has 0 radical (unpaired) electrons. The van der Waals surface area contributed by atoms with Gasteiger partial charge in [-0.25, -0.2) is 4.98 Å². The number of oxazole rings is 1. The number of β-amino-alcohol motifs (C(OH)–C–C–N with tert-alkyl or cyclic N) is 1. The zero-order valence-electron chi connectivity index (χ0n) is 21.6.